The molecule has 1 aliphatic rings. The first kappa shape index (κ1) is 16.8. The van der Waals surface area contributed by atoms with E-state index in [-0.39, 0.29) is 12.3 Å². The molecule has 1 amide bonds. The standard InChI is InChI=1S/C16H15NO5S2/c1-20-12-7-10-9(5-14(18)17-3-4-24-16(17)23)6-15(19)22-11(10)8-13(12)21-2/h6-8H,3-5H2,1-2H3. The van der Waals surface area contributed by atoms with E-state index in [0.717, 1.165) is 5.75 Å². The van der Waals surface area contributed by atoms with Crippen molar-refractivity contribution in [3.8, 4) is 11.5 Å². The van der Waals surface area contributed by atoms with E-state index >= 15 is 0 Å². The molecular weight excluding hydrogens is 350 g/mol. The van der Waals surface area contributed by atoms with Gasteiger partial charge >= 0.3 is 5.63 Å². The molecule has 1 aromatic carbocycles. The zero-order chi connectivity index (χ0) is 17.3. The fraction of sp³-hybridized carbons (Fsp3) is 0.312. The van der Waals surface area contributed by atoms with Crippen molar-refractivity contribution < 1.29 is 18.7 Å². The number of thiocarbonyl (C=S) groups is 1. The van der Waals surface area contributed by atoms with Crippen LogP contribution >= 0.6 is 24.0 Å². The summed E-state index contributed by atoms with van der Waals surface area (Å²) in [5.74, 6) is 1.62. The highest BCUT2D eigenvalue weighted by Crippen LogP contribution is 2.33. The summed E-state index contributed by atoms with van der Waals surface area (Å²) in [6.45, 7) is 0.596. The molecule has 1 aliphatic heterocycles. The highest BCUT2D eigenvalue weighted by Gasteiger charge is 2.25. The van der Waals surface area contributed by atoms with Gasteiger partial charge in [-0.25, -0.2) is 4.79 Å². The number of carbonyl (C=O) groups is 1. The number of fused-ring (bicyclic) bond motifs is 1. The number of benzene rings is 1. The lowest BCUT2D eigenvalue weighted by Gasteiger charge is -2.15. The van der Waals surface area contributed by atoms with E-state index in [1.165, 1.54) is 32.0 Å². The summed E-state index contributed by atoms with van der Waals surface area (Å²) < 4.78 is 16.3. The molecule has 0 bridgehead atoms. The lowest BCUT2D eigenvalue weighted by molar-refractivity contribution is -0.126. The summed E-state index contributed by atoms with van der Waals surface area (Å²) in [7, 11) is 3.02. The number of thioether (sulfide) groups is 1. The molecule has 126 valence electrons. The van der Waals surface area contributed by atoms with Gasteiger partial charge in [0.2, 0.25) is 5.91 Å². The summed E-state index contributed by atoms with van der Waals surface area (Å²) in [6.07, 6.45) is 0.0677. The Morgan fingerprint density at radius 1 is 1.29 bits per heavy atom. The van der Waals surface area contributed by atoms with Crippen molar-refractivity contribution in [2.45, 2.75) is 6.42 Å². The number of amides is 1. The molecule has 6 nitrogen and oxygen atoms in total. The first-order valence-electron chi connectivity index (χ1n) is 7.19. The normalized spacial score (nSPS) is 14.2. The quantitative estimate of drug-likeness (QED) is 0.608. The topological polar surface area (TPSA) is 69.0 Å². The zero-order valence-corrected chi connectivity index (χ0v) is 14.8. The Balaban J connectivity index is 2.05. The molecule has 0 saturated carbocycles. The molecule has 2 aromatic rings. The molecule has 0 N–H and O–H groups in total. The Labute approximate surface area is 147 Å². The summed E-state index contributed by atoms with van der Waals surface area (Å²) in [6, 6.07) is 4.62. The summed E-state index contributed by atoms with van der Waals surface area (Å²) >= 11 is 6.66. The van der Waals surface area contributed by atoms with Crippen molar-refractivity contribution in [3.63, 3.8) is 0 Å². The molecule has 24 heavy (non-hydrogen) atoms. The predicted octanol–water partition coefficient (Wildman–Crippen LogP) is 2.21. The van der Waals surface area contributed by atoms with Crippen LogP contribution < -0.4 is 15.1 Å². The van der Waals surface area contributed by atoms with Crippen LogP contribution in [0.3, 0.4) is 0 Å². The Morgan fingerprint density at radius 3 is 2.62 bits per heavy atom. The fourth-order valence-corrected chi connectivity index (χ4v) is 3.82. The molecule has 1 saturated heterocycles. The number of ether oxygens (including phenoxy) is 2. The Hall–Kier alpha value is -2.06. The van der Waals surface area contributed by atoms with Crippen LogP contribution in [0.15, 0.2) is 27.4 Å². The van der Waals surface area contributed by atoms with Gasteiger partial charge in [-0.2, -0.15) is 0 Å². The average Bonchev–Trinajstić information content (AvgIpc) is 2.99. The maximum Gasteiger partial charge on any atom is 0.336 e. The molecule has 0 spiro atoms. The number of carbonyl (C=O) groups excluding carboxylic acids is 1. The molecular formula is C16H15NO5S2. The van der Waals surface area contributed by atoms with Gasteiger partial charge in [-0.15, -0.1) is 0 Å². The van der Waals surface area contributed by atoms with Gasteiger partial charge in [0.05, 0.1) is 20.6 Å². The second kappa shape index (κ2) is 6.82. The van der Waals surface area contributed by atoms with Crippen molar-refractivity contribution in [2.75, 3.05) is 26.5 Å². The highest BCUT2D eigenvalue weighted by molar-refractivity contribution is 8.23. The summed E-state index contributed by atoms with van der Waals surface area (Å²) in [5.41, 5.74) is 0.407. The molecule has 0 unspecified atom stereocenters. The number of nitrogens with zero attached hydrogens (tertiary/aromatic N) is 1. The van der Waals surface area contributed by atoms with Crippen LogP contribution in [-0.4, -0.2) is 41.6 Å². The second-order valence-electron chi connectivity index (χ2n) is 5.13. The van der Waals surface area contributed by atoms with Crippen LogP contribution in [0, 0.1) is 0 Å². The maximum absolute atomic E-state index is 12.5. The van der Waals surface area contributed by atoms with Gasteiger partial charge in [-0.05, 0) is 11.6 Å². The minimum atomic E-state index is -0.518. The van der Waals surface area contributed by atoms with Gasteiger partial charge < -0.3 is 13.9 Å². The first-order chi connectivity index (χ1) is 11.5. The van der Waals surface area contributed by atoms with Gasteiger partial charge in [0.25, 0.3) is 0 Å². The van der Waals surface area contributed by atoms with E-state index in [2.05, 4.69) is 0 Å². The highest BCUT2D eigenvalue weighted by atomic mass is 32.2. The molecule has 2 heterocycles. The monoisotopic (exact) mass is 365 g/mol. The fourth-order valence-electron chi connectivity index (χ4n) is 2.58. The SMILES string of the molecule is COc1cc2oc(=O)cc(CC(=O)N3CCSC3=S)c2cc1OC. The predicted molar refractivity (Wildman–Crippen MR) is 96.1 cm³/mol. The second-order valence-corrected chi connectivity index (χ2v) is 6.86. The molecule has 8 heteroatoms. The first-order valence-corrected chi connectivity index (χ1v) is 8.58. The summed E-state index contributed by atoms with van der Waals surface area (Å²) in [5, 5.41) is 0.637. The van der Waals surface area contributed by atoms with Crippen LogP contribution in [0.5, 0.6) is 11.5 Å². The van der Waals surface area contributed by atoms with Crippen molar-refractivity contribution in [3.05, 3.63) is 34.2 Å². The third-order valence-electron chi connectivity index (χ3n) is 3.74. The van der Waals surface area contributed by atoms with Crippen LogP contribution in [0.25, 0.3) is 11.0 Å². The molecule has 0 aliphatic carbocycles. The molecule has 1 fully saturated rings. The van der Waals surface area contributed by atoms with E-state index in [4.69, 9.17) is 26.1 Å². The Morgan fingerprint density at radius 2 is 2.00 bits per heavy atom. The molecule has 0 atom stereocenters. The number of methoxy groups -OCH3 is 2. The largest absolute Gasteiger partial charge is 0.493 e. The number of hydrogen-bond acceptors (Lipinski definition) is 7. The maximum atomic E-state index is 12.5. The third-order valence-corrected chi connectivity index (χ3v) is 5.17. The Bertz CT molecular complexity index is 877. The summed E-state index contributed by atoms with van der Waals surface area (Å²) in [4.78, 5) is 25.9. The van der Waals surface area contributed by atoms with Gasteiger partial charge in [-0.1, -0.05) is 24.0 Å². The van der Waals surface area contributed by atoms with Crippen LogP contribution in [0.2, 0.25) is 0 Å². The van der Waals surface area contributed by atoms with Crippen molar-refractivity contribution in [1.82, 2.24) is 4.90 Å². The van der Waals surface area contributed by atoms with Gasteiger partial charge in [0.1, 0.15) is 9.90 Å². The van der Waals surface area contributed by atoms with Crippen molar-refractivity contribution in [2.24, 2.45) is 0 Å². The lowest BCUT2D eigenvalue weighted by atomic mass is 10.1. The van der Waals surface area contributed by atoms with Gasteiger partial charge in [0.15, 0.2) is 11.5 Å². The lowest BCUT2D eigenvalue weighted by Crippen LogP contribution is -2.32. The number of hydrogen-bond donors (Lipinski definition) is 0. The van der Waals surface area contributed by atoms with Crippen molar-refractivity contribution in [1.29, 1.82) is 0 Å². The smallest absolute Gasteiger partial charge is 0.336 e. The van der Waals surface area contributed by atoms with Crippen LogP contribution in [0.4, 0.5) is 0 Å². The van der Waals surface area contributed by atoms with Crippen LogP contribution in [0.1, 0.15) is 5.56 Å². The molecule has 1 aromatic heterocycles. The third kappa shape index (κ3) is 3.11. The minimum Gasteiger partial charge on any atom is -0.493 e. The Kier molecular flexibility index (Phi) is 4.77. The van der Waals surface area contributed by atoms with Crippen molar-refractivity contribution >= 4 is 45.2 Å². The molecule has 3 rings (SSSR count). The van der Waals surface area contributed by atoms with E-state index < -0.39 is 5.63 Å². The van der Waals surface area contributed by atoms with E-state index in [1.807, 2.05) is 0 Å². The average molecular weight is 365 g/mol. The van der Waals surface area contributed by atoms with Gasteiger partial charge in [0, 0.05) is 29.8 Å². The minimum absolute atomic E-state index is 0.0677. The zero-order valence-electron chi connectivity index (χ0n) is 13.2. The van der Waals surface area contributed by atoms with E-state index in [9.17, 15) is 9.59 Å². The van der Waals surface area contributed by atoms with E-state index in [1.54, 1.807) is 17.0 Å². The number of rotatable bonds is 4. The van der Waals surface area contributed by atoms with E-state index in [0.29, 0.717) is 38.9 Å². The van der Waals surface area contributed by atoms with Crippen LogP contribution in [-0.2, 0) is 11.2 Å². The molecule has 0 radical (unpaired) electrons. The van der Waals surface area contributed by atoms with Gasteiger partial charge in [-0.3, -0.25) is 9.69 Å².